The minimum absolute atomic E-state index is 0.444. The highest BCUT2D eigenvalue weighted by atomic mass is 15.3. The quantitative estimate of drug-likeness (QED) is 0.572. The molecule has 0 radical (unpaired) electrons. The van der Waals surface area contributed by atoms with E-state index in [1.807, 2.05) is 0 Å². The lowest BCUT2D eigenvalue weighted by molar-refractivity contribution is 0.00997. The fourth-order valence-electron chi connectivity index (χ4n) is 2.50. The fourth-order valence-corrected chi connectivity index (χ4v) is 2.50. The second-order valence-electron chi connectivity index (χ2n) is 3.73. The van der Waals surface area contributed by atoms with Crippen LogP contribution in [0, 0.1) is 5.92 Å². The maximum Gasteiger partial charge on any atom is 0.0369 e. The van der Waals surface area contributed by atoms with E-state index >= 15 is 0 Å². The Morgan fingerprint density at radius 1 is 1.60 bits per heavy atom. The molecular weight excluding hydrogens is 124 g/mol. The van der Waals surface area contributed by atoms with Crippen LogP contribution in [0.25, 0.3) is 0 Å². The molecule has 2 aliphatic rings. The van der Waals surface area contributed by atoms with E-state index in [0.717, 1.165) is 12.5 Å². The van der Waals surface area contributed by atoms with Gasteiger partial charge in [-0.25, -0.2) is 0 Å². The van der Waals surface area contributed by atoms with Gasteiger partial charge in [0.25, 0.3) is 0 Å². The lowest BCUT2D eigenvalue weighted by atomic mass is 9.78. The van der Waals surface area contributed by atoms with Crippen LogP contribution in [0.3, 0.4) is 0 Å². The van der Waals surface area contributed by atoms with Crippen molar-refractivity contribution in [1.29, 1.82) is 0 Å². The summed E-state index contributed by atoms with van der Waals surface area (Å²) >= 11 is 0. The lowest BCUT2D eigenvalue weighted by Crippen LogP contribution is -2.62. The number of rotatable bonds is 1. The molecule has 2 heteroatoms. The Morgan fingerprint density at radius 2 is 2.40 bits per heavy atom. The summed E-state index contributed by atoms with van der Waals surface area (Å²) in [4.78, 5) is 2.55. The van der Waals surface area contributed by atoms with Gasteiger partial charge in [0.1, 0.15) is 0 Å². The van der Waals surface area contributed by atoms with E-state index in [9.17, 15) is 0 Å². The third-order valence-electron chi connectivity index (χ3n) is 3.55. The van der Waals surface area contributed by atoms with E-state index in [4.69, 9.17) is 5.73 Å². The molecule has 2 nitrogen and oxygen atoms in total. The van der Waals surface area contributed by atoms with Crippen LogP contribution in [0.2, 0.25) is 0 Å². The van der Waals surface area contributed by atoms with Crippen LogP contribution in [0.15, 0.2) is 0 Å². The Labute approximate surface area is 62.4 Å². The maximum atomic E-state index is 5.76. The highest BCUT2D eigenvalue weighted by Gasteiger charge is 2.51. The average molecular weight is 140 g/mol. The van der Waals surface area contributed by atoms with Crippen LogP contribution in [0.5, 0.6) is 0 Å². The third-order valence-corrected chi connectivity index (χ3v) is 3.55. The predicted molar refractivity (Wildman–Crippen MR) is 41.8 cm³/mol. The van der Waals surface area contributed by atoms with E-state index in [-0.39, 0.29) is 0 Å². The summed E-state index contributed by atoms with van der Waals surface area (Å²) in [6.45, 7) is 5.79. The summed E-state index contributed by atoms with van der Waals surface area (Å²) in [5, 5.41) is 0. The van der Waals surface area contributed by atoms with Crippen molar-refractivity contribution in [2.45, 2.75) is 25.3 Å². The largest absolute Gasteiger partial charge is 0.329 e. The second kappa shape index (κ2) is 1.95. The van der Waals surface area contributed by atoms with Crippen molar-refractivity contribution in [3.63, 3.8) is 0 Å². The maximum absolute atomic E-state index is 5.76. The molecule has 0 aromatic rings. The molecule has 2 aliphatic heterocycles. The summed E-state index contributed by atoms with van der Waals surface area (Å²) < 4.78 is 0. The Balaban J connectivity index is 2.17. The van der Waals surface area contributed by atoms with Crippen molar-refractivity contribution in [3.05, 3.63) is 0 Å². The molecule has 2 atom stereocenters. The van der Waals surface area contributed by atoms with E-state index in [0.29, 0.717) is 5.54 Å². The van der Waals surface area contributed by atoms with Gasteiger partial charge in [0.05, 0.1) is 0 Å². The second-order valence-corrected chi connectivity index (χ2v) is 3.73. The Bertz CT molecular complexity index is 134. The van der Waals surface area contributed by atoms with Crippen LogP contribution in [-0.4, -0.2) is 30.1 Å². The molecule has 10 heavy (non-hydrogen) atoms. The SMILES string of the molecule is CC1CCN2CCC12CN. The molecule has 0 aromatic carbocycles. The van der Waals surface area contributed by atoms with Gasteiger partial charge in [-0.3, -0.25) is 4.90 Å². The summed E-state index contributed by atoms with van der Waals surface area (Å²) in [6.07, 6.45) is 2.70. The number of hydrogen-bond acceptors (Lipinski definition) is 2. The highest BCUT2D eigenvalue weighted by Crippen LogP contribution is 2.43. The van der Waals surface area contributed by atoms with Gasteiger partial charge < -0.3 is 5.73 Å². The third kappa shape index (κ3) is 0.565. The molecule has 0 saturated carbocycles. The number of nitrogens with two attached hydrogens (primary N) is 1. The van der Waals surface area contributed by atoms with Gasteiger partial charge in [-0.15, -0.1) is 0 Å². The van der Waals surface area contributed by atoms with Crippen LogP contribution >= 0.6 is 0 Å². The Morgan fingerprint density at radius 3 is 2.70 bits per heavy atom. The zero-order chi connectivity index (χ0) is 7.19. The summed E-state index contributed by atoms with van der Waals surface area (Å²) in [7, 11) is 0. The van der Waals surface area contributed by atoms with Gasteiger partial charge in [0.2, 0.25) is 0 Å². The van der Waals surface area contributed by atoms with Crippen molar-refractivity contribution in [3.8, 4) is 0 Å². The van der Waals surface area contributed by atoms with Gasteiger partial charge in [0, 0.05) is 18.6 Å². The monoisotopic (exact) mass is 140 g/mol. The number of hydrogen-bond donors (Lipinski definition) is 1. The van der Waals surface area contributed by atoms with Crippen molar-refractivity contribution >= 4 is 0 Å². The van der Waals surface area contributed by atoms with Crippen LogP contribution in [-0.2, 0) is 0 Å². The molecule has 58 valence electrons. The first kappa shape index (κ1) is 6.62. The zero-order valence-electron chi connectivity index (χ0n) is 6.64. The van der Waals surface area contributed by atoms with E-state index < -0.39 is 0 Å². The zero-order valence-corrected chi connectivity index (χ0v) is 6.64. The Hall–Kier alpha value is -0.0800. The molecule has 2 unspecified atom stereocenters. The van der Waals surface area contributed by atoms with Crippen molar-refractivity contribution in [2.24, 2.45) is 11.7 Å². The molecule has 0 spiro atoms. The molecule has 2 fully saturated rings. The first-order valence-electron chi connectivity index (χ1n) is 4.25. The summed E-state index contributed by atoms with van der Waals surface area (Å²) in [5.74, 6) is 0.839. The van der Waals surface area contributed by atoms with Gasteiger partial charge in [-0.05, 0) is 25.3 Å². The van der Waals surface area contributed by atoms with Crippen LogP contribution in [0.1, 0.15) is 19.8 Å². The first-order chi connectivity index (χ1) is 4.79. The minimum Gasteiger partial charge on any atom is -0.329 e. The highest BCUT2D eigenvalue weighted by molar-refractivity contribution is 5.07. The number of nitrogens with zero attached hydrogens (tertiary/aromatic N) is 1. The average Bonchev–Trinajstić information content (AvgIpc) is 2.06. The summed E-state index contributed by atoms with van der Waals surface area (Å²) in [6, 6.07) is 0. The first-order valence-corrected chi connectivity index (χ1v) is 4.25. The van der Waals surface area contributed by atoms with E-state index in [2.05, 4.69) is 11.8 Å². The smallest absolute Gasteiger partial charge is 0.0369 e. The Kier molecular flexibility index (Phi) is 1.29. The van der Waals surface area contributed by atoms with E-state index in [1.165, 1.54) is 25.9 Å². The van der Waals surface area contributed by atoms with Gasteiger partial charge >= 0.3 is 0 Å². The van der Waals surface area contributed by atoms with E-state index in [1.54, 1.807) is 0 Å². The van der Waals surface area contributed by atoms with Crippen molar-refractivity contribution in [1.82, 2.24) is 4.90 Å². The summed E-state index contributed by atoms with van der Waals surface area (Å²) in [5.41, 5.74) is 6.20. The molecular formula is C8H16N2. The van der Waals surface area contributed by atoms with Crippen molar-refractivity contribution in [2.75, 3.05) is 19.6 Å². The predicted octanol–water partition coefficient (Wildman–Crippen LogP) is 0.429. The minimum atomic E-state index is 0.444. The molecule has 0 amide bonds. The number of fused-ring (bicyclic) bond motifs is 1. The molecule has 2 saturated heterocycles. The van der Waals surface area contributed by atoms with Crippen LogP contribution in [0.4, 0.5) is 0 Å². The lowest BCUT2D eigenvalue weighted by Gasteiger charge is -2.50. The van der Waals surface area contributed by atoms with Crippen molar-refractivity contribution < 1.29 is 0 Å². The van der Waals surface area contributed by atoms with Gasteiger partial charge in [-0.1, -0.05) is 6.92 Å². The van der Waals surface area contributed by atoms with Gasteiger partial charge in [0.15, 0.2) is 0 Å². The van der Waals surface area contributed by atoms with Crippen LogP contribution < -0.4 is 5.73 Å². The standard InChI is InChI=1S/C8H16N2/c1-7-2-4-10-5-3-8(7,10)6-9/h7H,2-6,9H2,1H3. The molecule has 0 bridgehead atoms. The fraction of sp³-hybridized carbons (Fsp3) is 1.00. The molecule has 2 N–H and O–H groups in total. The molecule has 2 rings (SSSR count). The molecule has 2 heterocycles. The normalized spacial score (nSPS) is 46.8. The van der Waals surface area contributed by atoms with Gasteiger partial charge in [-0.2, -0.15) is 0 Å². The molecule has 0 aliphatic carbocycles. The topological polar surface area (TPSA) is 29.3 Å². The molecule has 0 aromatic heterocycles.